The topological polar surface area (TPSA) is 76.1 Å². The standard InChI is InChI=1S/C19H22N2O3S2/c1-11-2-3-16-15(4-11)21-18(25-16)12-5-19(6-12)7-14(8-19)20-17(22)13-9-26(23,24)10-13/h2-4,12-14H,5-10H2,1H3,(H,20,22). The average Bonchev–Trinajstić information content (AvgIpc) is 2.87. The van der Waals surface area contributed by atoms with E-state index in [0.717, 1.165) is 31.2 Å². The van der Waals surface area contributed by atoms with E-state index in [1.807, 2.05) is 11.3 Å². The molecule has 0 radical (unpaired) electrons. The molecule has 7 heteroatoms. The van der Waals surface area contributed by atoms with Gasteiger partial charge in [0, 0.05) is 12.0 Å². The first-order valence-electron chi connectivity index (χ1n) is 9.19. The van der Waals surface area contributed by atoms with Gasteiger partial charge < -0.3 is 5.32 Å². The predicted molar refractivity (Wildman–Crippen MR) is 102 cm³/mol. The molecule has 3 aliphatic rings. The van der Waals surface area contributed by atoms with E-state index in [1.54, 1.807) is 0 Å². The van der Waals surface area contributed by atoms with Crippen molar-refractivity contribution >= 4 is 37.3 Å². The lowest BCUT2D eigenvalue weighted by atomic mass is 9.50. The zero-order valence-corrected chi connectivity index (χ0v) is 16.3. The lowest BCUT2D eigenvalue weighted by Crippen LogP contribution is -2.58. The highest BCUT2D eigenvalue weighted by Crippen LogP contribution is 2.62. The number of aryl methyl sites for hydroxylation is 1. The molecule has 0 unspecified atom stereocenters. The number of fused-ring (bicyclic) bond motifs is 1. The van der Waals surface area contributed by atoms with Crippen molar-refractivity contribution in [2.45, 2.75) is 44.6 Å². The van der Waals surface area contributed by atoms with Gasteiger partial charge in [-0.15, -0.1) is 11.3 Å². The molecule has 0 atom stereocenters. The Morgan fingerprint density at radius 1 is 1.23 bits per heavy atom. The van der Waals surface area contributed by atoms with Gasteiger partial charge in [-0.25, -0.2) is 13.4 Å². The first kappa shape index (κ1) is 16.7. The molecule has 5 nitrogen and oxygen atoms in total. The highest BCUT2D eigenvalue weighted by Gasteiger charge is 2.54. The Hall–Kier alpha value is -1.47. The minimum atomic E-state index is -2.94. The monoisotopic (exact) mass is 390 g/mol. The molecule has 2 saturated carbocycles. The van der Waals surface area contributed by atoms with E-state index >= 15 is 0 Å². The van der Waals surface area contributed by atoms with Crippen molar-refractivity contribution in [2.24, 2.45) is 11.3 Å². The number of hydrogen-bond donors (Lipinski definition) is 1. The summed E-state index contributed by atoms with van der Waals surface area (Å²) < 4.78 is 23.7. The summed E-state index contributed by atoms with van der Waals surface area (Å²) in [5.41, 5.74) is 2.73. The predicted octanol–water partition coefficient (Wildman–Crippen LogP) is 2.79. The number of thiazole rings is 1. The molecule has 2 aromatic rings. The smallest absolute Gasteiger partial charge is 0.225 e. The summed E-state index contributed by atoms with van der Waals surface area (Å²) in [6.45, 7) is 2.10. The van der Waals surface area contributed by atoms with Gasteiger partial charge in [0.15, 0.2) is 9.84 Å². The summed E-state index contributed by atoms with van der Waals surface area (Å²) in [6, 6.07) is 6.68. The molecule has 1 N–H and O–H groups in total. The average molecular weight is 391 g/mol. The summed E-state index contributed by atoms with van der Waals surface area (Å²) in [5.74, 6) is 0.209. The number of sulfone groups is 1. The molecule has 1 spiro atoms. The molecule has 1 aromatic heterocycles. The molecule has 0 bridgehead atoms. The zero-order valence-electron chi connectivity index (χ0n) is 14.7. The Balaban J connectivity index is 1.15. The van der Waals surface area contributed by atoms with Gasteiger partial charge in [0.2, 0.25) is 5.91 Å². The molecule has 1 aromatic carbocycles. The molecule has 5 rings (SSSR count). The molecule has 3 fully saturated rings. The first-order chi connectivity index (χ1) is 12.3. The van der Waals surface area contributed by atoms with Gasteiger partial charge in [-0.2, -0.15) is 0 Å². The fourth-order valence-corrected chi connectivity index (χ4v) is 7.32. The van der Waals surface area contributed by atoms with Crippen molar-refractivity contribution in [2.75, 3.05) is 11.5 Å². The van der Waals surface area contributed by atoms with Crippen LogP contribution in [0.25, 0.3) is 10.2 Å². The van der Waals surface area contributed by atoms with Crippen LogP contribution in [-0.2, 0) is 14.6 Å². The fourth-order valence-electron chi connectivity index (χ4n) is 4.85. The van der Waals surface area contributed by atoms with Gasteiger partial charge >= 0.3 is 0 Å². The van der Waals surface area contributed by atoms with Crippen LogP contribution in [0.2, 0.25) is 0 Å². The molecule has 2 heterocycles. The van der Waals surface area contributed by atoms with Crippen LogP contribution >= 0.6 is 11.3 Å². The van der Waals surface area contributed by atoms with Gasteiger partial charge in [-0.05, 0) is 55.7 Å². The summed E-state index contributed by atoms with van der Waals surface area (Å²) in [4.78, 5) is 16.9. The van der Waals surface area contributed by atoms with Crippen LogP contribution in [0.15, 0.2) is 18.2 Å². The van der Waals surface area contributed by atoms with E-state index in [-0.39, 0.29) is 29.4 Å². The van der Waals surface area contributed by atoms with Gasteiger partial charge in [0.05, 0.1) is 32.6 Å². The van der Waals surface area contributed by atoms with Gasteiger partial charge in [0.25, 0.3) is 0 Å². The van der Waals surface area contributed by atoms with E-state index < -0.39 is 9.84 Å². The zero-order chi connectivity index (χ0) is 18.1. The van der Waals surface area contributed by atoms with Crippen LogP contribution in [0.3, 0.4) is 0 Å². The van der Waals surface area contributed by atoms with E-state index in [9.17, 15) is 13.2 Å². The van der Waals surface area contributed by atoms with Gasteiger partial charge in [0.1, 0.15) is 0 Å². The minimum Gasteiger partial charge on any atom is -0.353 e. The number of aromatic nitrogens is 1. The number of amides is 1. The second-order valence-electron chi connectivity index (χ2n) is 8.52. The van der Waals surface area contributed by atoms with Crippen molar-refractivity contribution in [1.82, 2.24) is 10.3 Å². The molecule has 1 saturated heterocycles. The third-order valence-corrected chi connectivity index (χ3v) is 9.27. The van der Waals surface area contributed by atoms with Crippen molar-refractivity contribution in [3.8, 4) is 0 Å². The number of carbonyl (C=O) groups is 1. The third kappa shape index (κ3) is 2.76. The quantitative estimate of drug-likeness (QED) is 0.874. The molecular formula is C19H22N2O3S2. The number of nitrogens with zero attached hydrogens (tertiary/aromatic N) is 1. The van der Waals surface area contributed by atoms with Gasteiger partial charge in [-0.1, -0.05) is 6.07 Å². The fraction of sp³-hybridized carbons (Fsp3) is 0.579. The normalized spacial score (nSPS) is 32.7. The van der Waals surface area contributed by atoms with Crippen molar-refractivity contribution < 1.29 is 13.2 Å². The second kappa shape index (κ2) is 5.52. The number of hydrogen-bond acceptors (Lipinski definition) is 5. The minimum absolute atomic E-state index is 0.0237. The van der Waals surface area contributed by atoms with Gasteiger partial charge in [-0.3, -0.25) is 4.79 Å². The molecule has 1 aliphatic heterocycles. The first-order valence-corrected chi connectivity index (χ1v) is 11.8. The number of benzene rings is 1. The maximum atomic E-state index is 12.1. The molecule has 1 amide bonds. The Labute approximate surface area is 157 Å². The molecule has 26 heavy (non-hydrogen) atoms. The van der Waals surface area contributed by atoms with E-state index in [2.05, 4.69) is 30.4 Å². The van der Waals surface area contributed by atoms with Crippen molar-refractivity contribution in [3.63, 3.8) is 0 Å². The van der Waals surface area contributed by atoms with Crippen molar-refractivity contribution in [3.05, 3.63) is 28.8 Å². The Morgan fingerprint density at radius 2 is 1.96 bits per heavy atom. The maximum absolute atomic E-state index is 12.1. The number of carbonyl (C=O) groups excluding carboxylic acids is 1. The SMILES string of the molecule is Cc1ccc2sc(C3CC4(CC(NC(=O)C5CS(=O)(=O)C5)C4)C3)nc2c1. The summed E-state index contributed by atoms with van der Waals surface area (Å²) in [7, 11) is -2.94. The highest BCUT2D eigenvalue weighted by molar-refractivity contribution is 7.92. The number of nitrogens with one attached hydrogen (secondary N) is 1. The molecular weight excluding hydrogens is 368 g/mol. The molecule has 138 valence electrons. The van der Waals surface area contributed by atoms with E-state index in [1.165, 1.54) is 15.3 Å². The summed E-state index contributed by atoms with van der Waals surface area (Å²) in [6.07, 6.45) is 4.38. The van der Waals surface area contributed by atoms with Crippen LogP contribution < -0.4 is 5.32 Å². The Morgan fingerprint density at radius 3 is 2.65 bits per heavy atom. The van der Waals surface area contributed by atoms with Crippen LogP contribution in [0.1, 0.15) is 42.2 Å². The largest absolute Gasteiger partial charge is 0.353 e. The lowest BCUT2D eigenvalue weighted by Gasteiger charge is -2.57. The Bertz CT molecular complexity index is 985. The summed E-state index contributed by atoms with van der Waals surface area (Å²) in [5, 5.41) is 4.30. The third-order valence-electron chi connectivity index (χ3n) is 6.25. The van der Waals surface area contributed by atoms with Crippen LogP contribution in [0, 0.1) is 18.3 Å². The van der Waals surface area contributed by atoms with Crippen LogP contribution in [0.4, 0.5) is 0 Å². The van der Waals surface area contributed by atoms with E-state index in [4.69, 9.17) is 4.98 Å². The lowest BCUT2D eigenvalue weighted by molar-refractivity contribution is -0.127. The van der Waals surface area contributed by atoms with Crippen molar-refractivity contribution in [1.29, 1.82) is 0 Å². The van der Waals surface area contributed by atoms with E-state index in [0.29, 0.717) is 11.3 Å². The highest BCUT2D eigenvalue weighted by atomic mass is 32.2. The Kier molecular flexibility index (Phi) is 3.54. The molecule has 2 aliphatic carbocycles. The van der Waals surface area contributed by atoms with Crippen LogP contribution in [0.5, 0.6) is 0 Å². The maximum Gasteiger partial charge on any atom is 0.225 e. The number of rotatable bonds is 3. The second-order valence-corrected chi connectivity index (χ2v) is 11.7. The van der Waals surface area contributed by atoms with Crippen LogP contribution in [-0.4, -0.2) is 36.9 Å². The summed E-state index contributed by atoms with van der Waals surface area (Å²) >= 11 is 1.81.